The lowest BCUT2D eigenvalue weighted by Gasteiger charge is -1.62. The lowest BCUT2D eigenvalue weighted by Crippen LogP contribution is -2.00. The van der Waals surface area contributed by atoms with Gasteiger partial charge in [-0.3, -0.25) is 9.41 Å². The smallest absolute Gasteiger partial charge is 0 e. The van der Waals surface area contributed by atoms with Crippen molar-refractivity contribution in [2.75, 3.05) is 0 Å². The number of halogens is 4. The molecule has 8 heteroatoms. The van der Waals surface area contributed by atoms with E-state index in [-0.39, 0.29) is 24.0 Å². The summed E-state index contributed by atoms with van der Waals surface area (Å²) in [4.78, 5) is 0. The molecule has 0 aliphatic rings. The fourth-order valence-corrected chi connectivity index (χ4v) is 0. The average Bonchev–Trinajstić information content (AvgIpc) is 2.23. The Morgan fingerprint density at radius 2 is 1.31 bits per heavy atom. The van der Waals surface area contributed by atoms with Gasteiger partial charge in [-0.05, 0) is 11.8 Å². The van der Waals surface area contributed by atoms with Crippen LogP contribution in [0.25, 0.3) is 0 Å². The molecule has 0 spiro atoms. The van der Waals surface area contributed by atoms with Crippen LogP contribution in [0.5, 0.6) is 0 Å². The monoisotopic (exact) mass is 204 g/mol. The van der Waals surface area contributed by atoms with E-state index in [1.165, 1.54) is 14.1 Å². The summed E-state index contributed by atoms with van der Waals surface area (Å²) in [6.45, 7) is 0. The highest BCUT2D eigenvalue weighted by molar-refractivity contribution is 7.37. The van der Waals surface area contributed by atoms with E-state index in [1.54, 1.807) is 0 Å². The van der Waals surface area contributed by atoms with E-state index in [2.05, 4.69) is 12.8 Å². The van der Waals surface area contributed by atoms with Crippen molar-refractivity contribution in [3.8, 4) is 24.7 Å². The molecule has 0 nitrogen and oxygen atoms in total. The van der Waals surface area contributed by atoms with Gasteiger partial charge in [0, 0.05) is 48.8 Å². The minimum atomic E-state index is 0. The summed E-state index contributed by atoms with van der Waals surface area (Å²) in [5, 5.41) is 0. The van der Waals surface area contributed by atoms with Crippen LogP contribution in [0.3, 0.4) is 0 Å². The summed E-state index contributed by atoms with van der Waals surface area (Å²) in [6.07, 6.45) is 9.08. The quantitative estimate of drug-likeness (QED) is 0.347. The Morgan fingerprint density at radius 3 is 1.31 bits per heavy atom. The van der Waals surface area contributed by atoms with Crippen LogP contribution >= 0.6 is 0 Å². The Bertz CT molecular complexity index is 113. The lowest BCUT2D eigenvalue weighted by molar-refractivity contribution is 0.108. The van der Waals surface area contributed by atoms with Crippen molar-refractivity contribution in [3.05, 3.63) is 0 Å². The van der Waals surface area contributed by atoms with Gasteiger partial charge >= 0.3 is 0 Å². The topological polar surface area (TPSA) is 0 Å². The third kappa shape index (κ3) is 760. The minimum Gasteiger partial charge on any atom is -0.269 e. The first-order valence-electron chi connectivity index (χ1n) is 2.97. The molecular formula is C5H20B4F4. The van der Waals surface area contributed by atoms with Gasteiger partial charge in [0.05, 0.1) is 0 Å². The SMILES string of the molecule is C.C#CC#C.F.F.FF.[2HH].[2HH].[2H][2H].[B][B][B][B].[HH].[HH].[HH]. The molecule has 0 aliphatic heterocycles. The predicted octanol–water partition coefficient (Wildman–Crippen LogP) is 1.99. The molecule has 0 heterocycles. The maximum absolute atomic E-state index is 8.00. The number of hydrogen-bond acceptors (Lipinski definition) is 0. The molecule has 0 aromatic heterocycles. The highest BCUT2D eigenvalue weighted by Gasteiger charge is 1.62. The van der Waals surface area contributed by atoms with Crippen LogP contribution in [-0.4, -0.2) is 29.6 Å². The van der Waals surface area contributed by atoms with E-state index in [0.29, 0.717) is 0 Å². The van der Waals surface area contributed by atoms with E-state index in [4.69, 9.17) is 27.6 Å². The summed E-state index contributed by atoms with van der Waals surface area (Å²) in [7, 11) is 12.0. The number of hydrogen-bond donors (Lipinski definition) is 0. The number of rotatable bonds is 1. The van der Waals surface area contributed by atoms with Crippen LogP contribution in [0.1, 0.15) is 17.5 Å². The molecule has 0 N–H and O–H groups in total. The highest BCUT2D eigenvalue weighted by Crippen LogP contribution is 1.42. The molecule has 0 bridgehead atoms. The van der Waals surface area contributed by atoms with Gasteiger partial charge in [-0.1, -0.05) is 7.43 Å². The fraction of sp³-hybridized carbons (Fsp3) is 0.200. The molecule has 6 radical (unpaired) electrons. The molecule has 13 heavy (non-hydrogen) atoms. The van der Waals surface area contributed by atoms with Crippen LogP contribution in [0.15, 0.2) is 0 Å². The zero-order chi connectivity index (χ0) is 10.8. The van der Waals surface area contributed by atoms with Gasteiger partial charge in [0.15, 0.2) is 0 Å². The van der Waals surface area contributed by atoms with Gasteiger partial charge in [0.25, 0.3) is 0 Å². The first-order valence-corrected chi connectivity index (χ1v) is 1.97. The molecule has 0 fully saturated rings. The third-order valence-electron chi connectivity index (χ3n) is 0.194. The standard InChI is InChI=1S/C4H2.CH4.B4.F2.2FH.6H2/c1-3-4-2;;1-3-4-2;1-2;;;;;;;;/h1-2H;1H4;;;8*1H/i;;;;;;1+1D;2*1+1;;;. The van der Waals surface area contributed by atoms with Gasteiger partial charge in [0.2, 0.25) is 0 Å². The van der Waals surface area contributed by atoms with Gasteiger partial charge in [0.1, 0.15) is 0 Å². The molecule has 0 saturated heterocycles. The van der Waals surface area contributed by atoms with Crippen LogP contribution < -0.4 is 0 Å². The molecule has 80 valence electrons. The van der Waals surface area contributed by atoms with E-state index >= 15 is 0 Å². The molecule has 0 unspecified atom stereocenters. The summed E-state index contributed by atoms with van der Waals surface area (Å²) >= 11 is 0. The summed E-state index contributed by atoms with van der Waals surface area (Å²) in [5.41, 5.74) is 0. The molecule has 0 rings (SSSR count). The minimum absolute atomic E-state index is 0. The second kappa shape index (κ2) is 118. The Labute approximate surface area is 91.6 Å². The fourth-order valence-electron chi connectivity index (χ4n) is 0. The maximum atomic E-state index is 8.00. The number of terminal acetylenes is 2. The zero-order valence-corrected chi connectivity index (χ0v) is 6.04. The van der Waals surface area contributed by atoms with Gasteiger partial charge in [-0.25, -0.2) is 0 Å². The van der Waals surface area contributed by atoms with Crippen LogP contribution in [0.2, 0.25) is 0 Å². The van der Waals surface area contributed by atoms with Gasteiger partial charge < -0.3 is 0 Å². The van der Waals surface area contributed by atoms with E-state index in [9.17, 15) is 0 Å². The molecule has 0 aromatic carbocycles. The second-order valence-electron chi connectivity index (χ2n) is 0.674. The Kier molecular flexibility index (Phi) is 268. The van der Waals surface area contributed by atoms with Crippen molar-refractivity contribution in [2.24, 2.45) is 0 Å². The highest BCUT2D eigenvalue weighted by atomic mass is 20.0. The molecule has 0 saturated carbocycles. The third-order valence-corrected chi connectivity index (χ3v) is 0.194. The first-order chi connectivity index (χ1) is 5.83. The Balaban J connectivity index is -0.00000000389. The summed E-state index contributed by atoms with van der Waals surface area (Å²) in [6, 6.07) is 0. The van der Waals surface area contributed by atoms with Crippen molar-refractivity contribution < 1.29 is 28.7 Å². The molecule has 0 atom stereocenters. The largest absolute Gasteiger partial charge is 0.269 e. The van der Waals surface area contributed by atoms with Crippen molar-refractivity contribution >= 4 is 29.6 Å². The van der Waals surface area contributed by atoms with Crippen LogP contribution in [-0.2, 0) is 0 Å². The Morgan fingerprint density at radius 1 is 1.15 bits per heavy atom. The molecular weight excluding hydrogens is 179 g/mol. The summed E-state index contributed by atoms with van der Waals surface area (Å²) < 4.78 is 26.0. The van der Waals surface area contributed by atoms with Crippen molar-refractivity contribution in [2.45, 2.75) is 7.43 Å². The molecule has 0 aromatic rings. The van der Waals surface area contributed by atoms with E-state index in [0.717, 1.165) is 0 Å². The van der Waals surface area contributed by atoms with Gasteiger partial charge in [-0.2, -0.15) is 0 Å². The molecule has 0 aliphatic carbocycles. The van der Waals surface area contributed by atoms with E-state index in [1.807, 2.05) is 11.8 Å². The average molecular weight is 203 g/mol. The van der Waals surface area contributed by atoms with Crippen molar-refractivity contribution in [3.63, 3.8) is 0 Å². The van der Waals surface area contributed by atoms with Gasteiger partial charge in [-0.15, -0.1) is 12.8 Å². The van der Waals surface area contributed by atoms with Crippen molar-refractivity contribution in [1.82, 2.24) is 0 Å². The predicted molar refractivity (Wildman–Crippen MR) is 67.3 cm³/mol. The lowest BCUT2D eigenvalue weighted by atomic mass is 9.19. The Hall–Kier alpha value is -0.900. The molecule has 0 amide bonds. The maximum Gasteiger partial charge on any atom is 0 e. The second-order valence-corrected chi connectivity index (χ2v) is 0.674. The van der Waals surface area contributed by atoms with Crippen molar-refractivity contribution in [1.29, 1.82) is 0 Å². The zero-order valence-electron chi connectivity index (χ0n) is 8.04. The van der Waals surface area contributed by atoms with E-state index < -0.39 is 0 Å². The summed E-state index contributed by atoms with van der Waals surface area (Å²) in [5.74, 6) is 3.92. The van der Waals surface area contributed by atoms with Crippen LogP contribution in [0.4, 0.5) is 18.6 Å². The van der Waals surface area contributed by atoms with Crippen LogP contribution in [0, 0.1) is 24.7 Å². The first kappa shape index (κ1) is 29.6. The normalized spacial score (nSPS) is 3.38.